The highest BCUT2D eigenvalue weighted by Gasteiger charge is 2.36. The Kier molecular flexibility index (Phi) is 7.87. The molecule has 1 rings (SSSR count). The van der Waals surface area contributed by atoms with E-state index in [1.165, 1.54) is 6.42 Å². The summed E-state index contributed by atoms with van der Waals surface area (Å²) in [7, 11) is 1.63. The lowest BCUT2D eigenvalue weighted by Gasteiger charge is -2.24. The van der Waals surface area contributed by atoms with Gasteiger partial charge >= 0.3 is 0 Å². The Labute approximate surface area is 134 Å². The second-order valence-electron chi connectivity index (χ2n) is 6.99. The molecule has 0 unspecified atom stereocenters. The second kappa shape index (κ2) is 9.13. The van der Waals surface area contributed by atoms with Gasteiger partial charge in [-0.2, -0.15) is 0 Å². The number of carbonyl (C=O) groups is 2. The second-order valence-corrected chi connectivity index (χ2v) is 6.99. The number of nitrogens with one attached hydrogen (secondary N) is 1. The predicted molar refractivity (Wildman–Crippen MR) is 87.5 cm³/mol. The molecule has 0 aliphatic carbocycles. The monoisotopic (exact) mass is 312 g/mol. The zero-order valence-electron chi connectivity index (χ0n) is 14.7. The first kappa shape index (κ1) is 18.9. The number of hydrogen-bond donors (Lipinski definition) is 1. The Morgan fingerprint density at radius 3 is 2.59 bits per heavy atom. The molecule has 1 heterocycles. The van der Waals surface area contributed by atoms with Gasteiger partial charge in [0.05, 0.1) is 18.6 Å². The van der Waals surface area contributed by atoms with Gasteiger partial charge in [-0.05, 0) is 26.2 Å². The van der Waals surface area contributed by atoms with E-state index >= 15 is 0 Å². The fourth-order valence-corrected chi connectivity index (χ4v) is 2.93. The van der Waals surface area contributed by atoms with Crippen molar-refractivity contribution >= 4 is 11.8 Å². The number of methoxy groups -OCH3 is 1. The zero-order chi connectivity index (χ0) is 16.7. The summed E-state index contributed by atoms with van der Waals surface area (Å²) in [4.78, 5) is 26.1. The highest BCUT2D eigenvalue weighted by Crippen LogP contribution is 2.21. The minimum atomic E-state index is -0.223. The summed E-state index contributed by atoms with van der Waals surface area (Å²) in [6, 6.07) is 0.200. The minimum Gasteiger partial charge on any atom is -0.383 e. The first-order valence-corrected chi connectivity index (χ1v) is 8.43. The van der Waals surface area contributed by atoms with E-state index in [1.54, 1.807) is 12.0 Å². The maximum absolute atomic E-state index is 12.3. The molecular formula is C17H32N2O3. The number of carbonyl (C=O) groups excluding carboxylic acids is 2. The molecule has 0 aromatic heterocycles. The van der Waals surface area contributed by atoms with Gasteiger partial charge in [-0.3, -0.25) is 9.59 Å². The number of hydrogen-bond acceptors (Lipinski definition) is 3. The molecule has 1 saturated heterocycles. The molecule has 0 aromatic rings. The molecule has 5 nitrogen and oxygen atoms in total. The van der Waals surface area contributed by atoms with Crippen molar-refractivity contribution in [2.75, 3.05) is 20.3 Å². The summed E-state index contributed by atoms with van der Waals surface area (Å²) < 4.78 is 5.09. The average molecular weight is 312 g/mol. The standard InChI is InChI=1S/C17H32N2O3/c1-12(2)7-6-8-13(3)18-17(21)15-9-16(20)19(10-15)14(4)11-22-5/h12-15H,6-11H2,1-5H3,(H,18,21)/t13-,14-,15+/m0/s1. The van der Waals surface area contributed by atoms with Crippen LogP contribution in [0.2, 0.25) is 0 Å². The summed E-state index contributed by atoms with van der Waals surface area (Å²) in [5.74, 6) is 0.542. The van der Waals surface area contributed by atoms with E-state index in [2.05, 4.69) is 19.2 Å². The van der Waals surface area contributed by atoms with Gasteiger partial charge in [-0.1, -0.05) is 26.7 Å². The van der Waals surface area contributed by atoms with Gasteiger partial charge in [0, 0.05) is 26.1 Å². The van der Waals surface area contributed by atoms with Crippen molar-refractivity contribution in [1.29, 1.82) is 0 Å². The van der Waals surface area contributed by atoms with Crippen LogP contribution in [0.1, 0.15) is 53.4 Å². The van der Waals surface area contributed by atoms with Crippen LogP contribution in [-0.2, 0) is 14.3 Å². The Balaban J connectivity index is 2.38. The number of nitrogens with zero attached hydrogens (tertiary/aromatic N) is 1. The molecule has 0 spiro atoms. The molecule has 0 radical (unpaired) electrons. The van der Waals surface area contributed by atoms with Crippen LogP contribution in [0.5, 0.6) is 0 Å². The Hall–Kier alpha value is -1.10. The third kappa shape index (κ3) is 5.95. The molecule has 5 heteroatoms. The minimum absolute atomic E-state index is 0.0116. The van der Waals surface area contributed by atoms with E-state index in [-0.39, 0.29) is 29.8 Å². The molecule has 1 aliphatic rings. The normalized spacial score (nSPS) is 21.3. The van der Waals surface area contributed by atoms with Crippen molar-refractivity contribution in [3.05, 3.63) is 0 Å². The van der Waals surface area contributed by atoms with Crippen molar-refractivity contribution < 1.29 is 14.3 Å². The third-order valence-electron chi connectivity index (χ3n) is 4.28. The van der Waals surface area contributed by atoms with Crippen LogP contribution in [0.4, 0.5) is 0 Å². The molecular weight excluding hydrogens is 280 g/mol. The lowest BCUT2D eigenvalue weighted by Crippen LogP contribution is -2.40. The first-order valence-electron chi connectivity index (χ1n) is 8.43. The number of rotatable bonds is 9. The summed E-state index contributed by atoms with van der Waals surface area (Å²) in [6.07, 6.45) is 3.62. The lowest BCUT2D eigenvalue weighted by molar-refractivity contribution is -0.130. The fourth-order valence-electron chi connectivity index (χ4n) is 2.93. The average Bonchev–Trinajstić information content (AvgIpc) is 2.80. The van der Waals surface area contributed by atoms with Crippen LogP contribution < -0.4 is 5.32 Å². The van der Waals surface area contributed by atoms with E-state index in [4.69, 9.17) is 4.74 Å². The van der Waals surface area contributed by atoms with Gasteiger partial charge in [0.15, 0.2) is 0 Å². The van der Waals surface area contributed by atoms with E-state index in [1.807, 2.05) is 13.8 Å². The van der Waals surface area contributed by atoms with Crippen molar-refractivity contribution in [1.82, 2.24) is 10.2 Å². The summed E-state index contributed by atoms with van der Waals surface area (Å²) in [5.41, 5.74) is 0. The molecule has 0 bridgehead atoms. The maximum atomic E-state index is 12.3. The van der Waals surface area contributed by atoms with E-state index < -0.39 is 0 Å². The zero-order valence-corrected chi connectivity index (χ0v) is 14.7. The van der Waals surface area contributed by atoms with Gasteiger partial charge in [-0.15, -0.1) is 0 Å². The van der Waals surface area contributed by atoms with Crippen molar-refractivity contribution in [2.45, 2.75) is 65.5 Å². The van der Waals surface area contributed by atoms with Crippen LogP contribution >= 0.6 is 0 Å². The van der Waals surface area contributed by atoms with Crippen molar-refractivity contribution in [3.63, 3.8) is 0 Å². The summed E-state index contributed by atoms with van der Waals surface area (Å²) >= 11 is 0. The van der Waals surface area contributed by atoms with Crippen molar-refractivity contribution in [3.8, 4) is 0 Å². The van der Waals surface area contributed by atoms with Crippen LogP contribution in [0.25, 0.3) is 0 Å². The quantitative estimate of drug-likeness (QED) is 0.710. The molecule has 128 valence electrons. The first-order chi connectivity index (χ1) is 10.3. The van der Waals surface area contributed by atoms with E-state index in [9.17, 15) is 9.59 Å². The molecule has 1 fully saturated rings. The van der Waals surface area contributed by atoms with Gasteiger partial charge in [0.1, 0.15) is 0 Å². The van der Waals surface area contributed by atoms with Crippen LogP contribution in [0.3, 0.4) is 0 Å². The molecule has 1 N–H and O–H groups in total. The predicted octanol–water partition coefficient (Wildman–Crippen LogP) is 2.20. The molecule has 0 saturated carbocycles. The topological polar surface area (TPSA) is 58.6 Å². The smallest absolute Gasteiger partial charge is 0.225 e. The molecule has 22 heavy (non-hydrogen) atoms. The SMILES string of the molecule is COC[C@H](C)N1C[C@H](C(=O)N[C@@H](C)CCCC(C)C)CC1=O. The van der Waals surface area contributed by atoms with Gasteiger partial charge in [0.25, 0.3) is 0 Å². The lowest BCUT2D eigenvalue weighted by atomic mass is 10.0. The number of likely N-dealkylation sites (tertiary alicyclic amines) is 1. The highest BCUT2D eigenvalue weighted by molar-refractivity contribution is 5.89. The molecule has 2 amide bonds. The van der Waals surface area contributed by atoms with Gasteiger partial charge < -0.3 is 15.0 Å². The van der Waals surface area contributed by atoms with Crippen LogP contribution in [0.15, 0.2) is 0 Å². The fraction of sp³-hybridized carbons (Fsp3) is 0.882. The van der Waals surface area contributed by atoms with Crippen LogP contribution in [-0.4, -0.2) is 49.1 Å². The number of ether oxygens (including phenoxy) is 1. The summed E-state index contributed by atoms with van der Waals surface area (Å²) in [6.45, 7) is 9.43. The molecule has 3 atom stereocenters. The van der Waals surface area contributed by atoms with Gasteiger partial charge in [-0.25, -0.2) is 0 Å². The molecule has 1 aliphatic heterocycles. The van der Waals surface area contributed by atoms with Gasteiger partial charge in [0.2, 0.25) is 11.8 Å². The Bertz CT molecular complexity index is 371. The maximum Gasteiger partial charge on any atom is 0.225 e. The Morgan fingerprint density at radius 1 is 1.32 bits per heavy atom. The Morgan fingerprint density at radius 2 is 2.00 bits per heavy atom. The van der Waals surface area contributed by atoms with E-state index in [0.29, 0.717) is 25.5 Å². The van der Waals surface area contributed by atoms with E-state index in [0.717, 1.165) is 12.8 Å². The summed E-state index contributed by atoms with van der Waals surface area (Å²) in [5, 5.41) is 3.06. The highest BCUT2D eigenvalue weighted by atomic mass is 16.5. The largest absolute Gasteiger partial charge is 0.383 e. The third-order valence-corrected chi connectivity index (χ3v) is 4.28. The van der Waals surface area contributed by atoms with Crippen LogP contribution in [0, 0.1) is 11.8 Å². The number of amides is 2. The molecule has 0 aromatic carbocycles. The van der Waals surface area contributed by atoms with Crippen molar-refractivity contribution in [2.24, 2.45) is 11.8 Å².